The second-order valence-electron chi connectivity index (χ2n) is 6.70. The SMILES string of the molecule is CN(CCCO)C1CCN(C(=O)Cn2c(=O)[nH]c3ccccc32)CC1. The number of carbonyl (C=O) groups is 1. The van der Waals surface area contributed by atoms with E-state index in [9.17, 15) is 9.59 Å². The van der Waals surface area contributed by atoms with Crippen LogP contribution in [0.4, 0.5) is 0 Å². The minimum absolute atomic E-state index is 0.0108. The standard InChI is InChI=1S/C18H26N4O3/c1-20(9-4-12-23)14-7-10-21(11-8-14)17(24)13-22-16-6-3-2-5-15(16)19-18(22)25/h2-3,5-6,14,23H,4,7-13H2,1H3,(H,19,25). The average Bonchev–Trinajstić information content (AvgIpc) is 2.95. The summed E-state index contributed by atoms with van der Waals surface area (Å²) in [7, 11) is 2.07. The van der Waals surface area contributed by atoms with Crippen molar-refractivity contribution in [2.24, 2.45) is 0 Å². The average molecular weight is 346 g/mol. The van der Waals surface area contributed by atoms with Gasteiger partial charge in [-0.25, -0.2) is 4.79 Å². The first-order valence-electron chi connectivity index (χ1n) is 8.86. The third-order valence-corrected chi connectivity index (χ3v) is 5.08. The molecule has 1 saturated heterocycles. The van der Waals surface area contributed by atoms with Crippen molar-refractivity contribution in [1.82, 2.24) is 19.4 Å². The van der Waals surface area contributed by atoms with Crippen LogP contribution in [-0.2, 0) is 11.3 Å². The molecule has 1 aromatic carbocycles. The molecule has 0 aliphatic carbocycles. The first-order chi connectivity index (χ1) is 12.1. The highest BCUT2D eigenvalue weighted by molar-refractivity contribution is 5.80. The lowest BCUT2D eigenvalue weighted by atomic mass is 10.0. The molecule has 3 rings (SSSR count). The number of H-pyrrole nitrogens is 1. The minimum Gasteiger partial charge on any atom is -0.396 e. The van der Waals surface area contributed by atoms with Crippen LogP contribution in [0.3, 0.4) is 0 Å². The van der Waals surface area contributed by atoms with Crippen molar-refractivity contribution in [3.63, 3.8) is 0 Å². The van der Waals surface area contributed by atoms with Crippen LogP contribution in [0.5, 0.6) is 0 Å². The van der Waals surface area contributed by atoms with E-state index in [1.807, 2.05) is 29.2 Å². The Hall–Kier alpha value is -2.12. The van der Waals surface area contributed by atoms with Crippen molar-refractivity contribution in [1.29, 1.82) is 0 Å². The third-order valence-electron chi connectivity index (χ3n) is 5.08. The molecule has 136 valence electrons. The first-order valence-corrected chi connectivity index (χ1v) is 8.86. The van der Waals surface area contributed by atoms with Crippen molar-refractivity contribution in [2.45, 2.75) is 31.8 Å². The summed E-state index contributed by atoms with van der Waals surface area (Å²) in [5, 5.41) is 8.94. The number of aromatic amines is 1. The molecule has 2 aromatic rings. The Morgan fingerprint density at radius 1 is 1.32 bits per heavy atom. The number of aliphatic hydroxyl groups excluding tert-OH is 1. The number of nitrogens with one attached hydrogen (secondary N) is 1. The third kappa shape index (κ3) is 3.93. The molecule has 0 radical (unpaired) electrons. The fourth-order valence-electron chi connectivity index (χ4n) is 3.56. The quantitative estimate of drug-likeness (QED) is 0.804. The number of hydrogen-bond donors (Lipinski definition) is 2. The Labute approximate surface area is 146 Å². The van der Waals surface area contributed by atoms with Gasteiger partial charge in [-0.05, 0) is 38.4 Å². The molecule has 0 spiro atoms. The Morgan fingerprint density at radius 2 is 2.04 bits per heavy atom. The van der Waals surface area contributed by atoms with Gasteiger partial charge in [-0.2, -0.15) is 0 Å². The summed E-state index contributed by atoms with van der Waals surface area (Å²) in [5.41, 5.74) is 1.28. The molecule has 0 saturated carbocycles. The number of rotatable bonds is 6. The van der Waals surface area contributed by atoms with E-state index in [4.69, 9.17) is 5.11 Å². The van der Waals surface area contributed by atoms with Crippen molar-refractivity contribution in [3.05, 3.63) is 34.7 Å². The van der Waals surface area contributed by atoms with Crippen LogP contribution in [0.25, 0.3) is 11.0 Å². The van der Waals surface area contributed by atoms with Crippen LogP contribution >= 0.6 is 0 Å². The van der Waals surface area contributed by atoms with Gasteiger partial charge in [0.1, 0.15) is 6.54 Å². The number of para-hydroxylation sites is 2. The van der Waals surface area contributed by atoms with Crippen molar-refractivity contribution in [3.8, 4) is 0 Å². The Morgan fingerprint density at radius 3 is 2.76 bits per heavy atom. The number of hydrogen-bond acceptors (Lipinski definition) is 4. The molecule has 25 heavy (non-hydrogen) atoms. The summed E-state index contributed by atoms with van der Waals surface area (Å²) in [4.78, 5) is 31.6. The Balaban J connectivity index is 1.59. The minimum atomic E-state index is -0.242. The first kappa shape index (κ1) is 17.7. The fourth-order valence-corrected chi connectivity index (χ4v) is 3.56. The molecule has 0 bridgehead atoms. The van der Waals surface area contributed by atoms with Gasteiger partial charge in [0, 0.05) is 32.3 Å². The summed E-state index contributed by atoms with van der Waals surface area (Å²) >= 11 is 0. The largest absolute Gasteiger partial charge is 0.396 e. The maximum Gasteiger partial charge on any atom is 0.326 e. The fraction of sp³-hybridized carbons (Fsp3) is 0.556. The second-order valence-corrected chi connectivity index (χ2v) is 6.70. The van der Waals surface area contributed by atoms with Crippen LogP contribution in [0.1, 0.15) is 19.3 Å². The van der Waals surface area contributed by atoms with Crippen molar-refractivity contribution >= 4 is 16.9 Å². The number of fused-ring (bicyclic) bond motifs is 1. The lowest BCUT2D eigenvalue weighted by molar-refractivity contribution is -0.133. The number of carbonyl (C=O) groups excluding carboxylic acids is 1. The zero-order chi connectivity index (χ0) is 17.8. The molecule has 7 heteroatoms. The van der Waals surface area contributed by atoms with E-state index in [0.717, 1.165) is 36.8 Å². The van der Waals surface area contributed by atoms with Crippen LogP contribution < -0.4 is 5.69 Å². The summed E-state index contributed by atoms with van der Waals surface area (Å²) in [5.74, 6) is -0.0108. The van der Waals surface area contributed by atoms with Crippen LogP contribution in [-0.4, -0.2) is 69.7 Å². The highest BCUT2D eigenvalue weighted by Gasteiger charge is 2.25. The monoisotopic (exact) mass is 346 g/mol. The van der Waals surface area contributed by atoms with E-state index >= 15 is 0 Å². The van der Waals surface area contributed by atoms with Crippen LogP contribution in [0.15, 0.2) is 29.1 Å². The molecule has 0 unspecified atom stereocenters. The molecular formula is C18H26N4O3. The van der Waals surface area contributed by atoms with Gasteiger partial charge in [0.15, 0.2) is 0 Å². The molecule has 1 amide bonds. The smallest absolute Gasteiger partial charge is 0.326 e. The molecule has 1 aliphatic heterocycles. The molecule has 1 aromatic heterocycles. The maximum absolute atomic E-state index is 12.6. The number of imidazole rings is 1. The number of piperidine rings is 1. The van der Waals surface area contributed by atoms with E-state index in [0.29, 0.717) is 19.1 Å². The molecule has 1 aliphatic rings. The zero-order valence-electron chi connectivity index (χ0n) is 14.6. The predicted molar refractivity (Wildman–Crippen MR) is 96.5 cm³/mol. The number of aliphatic hydroxyl groups is 1. The molecule has 2 heterocycles. The lowest BCUT2D eigenvalue weighted by Gasteiger charge is -2.36. The molecule has 2 N–H and O–H groups in total. The van der Waals surface area contributed by atoms with E-state index in [-0.39, 0.29) is 24.7 Å². The highest BCUT2D eigenvalue weighted by Crippen LogP contribution is 2.16. The van der Waals surface area contributed by atoms with Crippen LogP contribution in [0, 0.1) is 0 Å². The van der Waals surface area contributed by atoms with Gasteiger partial charge in [-0.1, -0.05) is 12.1 Å². The molecule has 7 nitrogen and oxygen atoms in total. The van der Waals surface area contributed by atoms with E-state index in [1.54, 1.807) is 0 Å². The molecule has 1 fully saturated rings. The summed E-state index contributed by atoms with van der Waals surface area (Å²) in [6, 6.07) is 7.87. The number of nitrogens with zero attached hydrogens (tertiary/aromatic N) is 3. The number of likely N-dealkylation sites (tertiary alicyclic amines) is 1. The zero-order valence-corrected chi connectivity index (χ0v) is 14.6. The summed E-state index contributed by atoms with van der Waals surface area (Å²) in [6.07, 6.45) is 2.63. The maximum atomic E-state index is 12.6. The summed E-state index contributed by atoms with van der Waals surface area (Å²) < 4.78 is 1.51. The normalized spacial score (nSPS) is 16.0. The van der Waals surface area contributed by atoms with Crippen molar-refractivity contribution < 1.29 is 9.90 Å². The Bertz CT molecular complexity index is 774. The van der Waals surface area contributed by atoms with Crippen molar-refractivity contribution in [2.75, 3.05) is 33.3 Å². The van der Waals surface area contributed by atoms with Crippen LogP contribution in [0.2, 0.25) is 0 Å². The number of aromatic nitrogens is 2. The molecule has 0 atom stereocenters. The number of benzene rings is 1. The number of amides is 1. The predicted octanol–water partition coefficient (Wildman–Crippen LogP) is 0.635. The highest BCUT2D eigenvalue weighted by atomic mass is 16.3. The second kappa shape index (κ2) is 7.84. The van der Waals surface area contributed by atoms with Gasteiger partial charge in [-0.15, -0.1) is 0 Å². The lowest BCUT2D eigenvalue weighted by Crippen LogP contribution is -2.47. The van der Waals surface area contributed by atoms with Gasteiger partial charge in [0.05, 0.1) is 11.0 Å². The topological polar surface area (TPSA) is 81.6 Å². The summed E-state index contributed by atoms with van der Waals surface area (Å²) in [6.45, 7) is 2.59. The van der Waals surface area contributed by atoms with Gasteiger partial charge >= 0.3 is 5.69 Å². The van der Waals surface area contributed by atoms with Gasteiger partial charge in [-0.3, -0.25) is 9.36 Å². The van der Waals surface area contributed by atoms with E-state index in [1.165, 1.54) is 4.57 Å². The van der Waals surface area contributed by atoms with Gasteiger partial charge in [0.2, 0.25) is 5.91 Å². The Kier molecular flexibility index (Phi) is 5.55. The van der Waals surface area contributed by atoms with E-state index < -0.39 is 0 Å². The van der Waals surface area contributed by atoms with E-state index in [2.05, 4.69) is 16.9 Å². The van der Waals surface area contributed by atoms with Gasteiger partial charge < -0.3 is 19.9 Å². The molecular weight excluding hydrogens is 320 g/mol. The van der Waals surface area contributed by atoms with Gasteiger partial charge in [0.25, 0.3) is 0 Å².